The molecule has 0 fully saturated rings. The van der Waals surface area contributed by atoms with Crippen LogP contribution in [0, 0.1) is 0 Å². The Balaban J connectivity index is 1.11. The van der Waals surface area contributed by atoms with E-state index < -0.39 is 0 Å². The van der Waals surface area contributed by atoms with Crippen molar-refractivity contribution in [2.24, 2.45) is 0 Å². The van der Waals surface area contributed by atoms with Crippen LogP contribution in [0.5, 0.6) is 0 Å². The van der Waals surface area contributed by atoms with Crippen LogP contribution >= 0.6 is 0 Å². The van der Waals surface area contributed by atoms with Crippen molar-refractivity contribution in [2.75, 3.05) is 4.90 Å². The molecule has 1 heterocycles. The third-order valence-corrected chi connectivity index (χ3v) is 11.0. The molecule has 2 heteroatoms. The monoisotopic (exact) mass is 687 g/mol. The molecule has 0 saturated heterocycles. The zero-order valence-electron chi connectivity index (χ0n) is 29.4. The molecule has 11 aromatic rings. The van der Waals surface area contributed by atoms with E-state index in [1.54, 1.807) is 0 Å². The molecular formula is C52H33NO. The minimum atomic E-state index is 0.897. The van der Waals surface area contributed by atoms with Crippen LogP contribution < -0.4 is 4.90 Å². The lowest BCUT2D eigenvalue weighted by Gasteiger charge is -2.29. The largest absolute Gasteiger partial charge is 0.455 e. The maximum absolute atomic E-state index is 6.54. The van der Waals surface area contributed by atoms with Gasteiger partial charge in [0.1, 0.15) is 11.2 Å². The summed E-state index contributed by atoms with van der Waals surface area (Å²) in [5.74, 6) is 0. The SMILES string of the molecule is c1ccc2c(-c3ccc(-c4ccc(N(c5cc6ccccc6c6ccccc56)c5cc6c7ccccc7oc6c6ccccc56)cc4)cc3)cccc2c1. The summed E-state index contributed by atoms with van der Waals surface area (Å²) >= 11 is 0. The number of para-hydroxylation sites is 1. The Bertz CT molecular complexity index is 3200. The summed E-state index contributed by atoms with van der Waals surface area (Å²) in [4.78, 5) is 2.45. The van der Waals surface area contributed by atoms with Crippen molar-refractivity contribution in [3.8, 4) is 22.3 Å². The summed E-state index contributed by atoms with van der Waals surface area (Å²) in [6.45, 7) is 0. The van der Waals surface area contributed by atoms with Crippen LogP contribution in [0.15, 0.2) is 205 Å². The molecule has 0 N–H and O–H groups in total. The Morgan fingerprint density at radius 3 is 1.59 bits per heavy atom. The van der Waals surface area contributed by atoms with E-state index in [2.05, 4.69) is 199 Å². The smallest absolute Gasteiger partial charge is 0.143 e. The van der Waals surface area contributed by atoms with Gasteiger partial charge in [-0.3, -0.25) is 0 Å². The third kappa shape index (κ3) is 4.81. The number of benzene rings is 10. The first-order chi connectivity index (χ1) is 26.8. The van der Waals surface area contributed by atoms with Crippen molar-refractivity contribution in [1.82, 2.24) is 0 Å². The Morgan fingerprint density at radius 2 is 0.833 bits per heavy atom. The summed E-state index contributed by atoms with van der Waals surface area (Å²) in [6.07, 6.45) is 0. The van der Waals surface area contributed by atoms with E-state index in [1.165, 1.54) is 54.6 Å². The molecule has 1 aromatic heterocycles. The normalized spacial score (nSPS) is 11.7. The van der Waals surface area contributed by atoms with Crippen molar-refractivity contribution < 1.29 is 4.42 Å². The highest BCUT2D eigenvalue weighted by Gasteiger charge is 2.22. The van der Waals surface area contributed by atoms with Gasteiger partial charge in [-0.2, -0.15) is 0 Å². The van der Waals surface area contributed by atoms with Gasteiger partial charge in [-0.15, -0.1) is 0 Å². The summed E-state index contributed by atoms with van der Waals surface area (Å²) in [6, 6.07) is 72.3. The van der Waals surface area contributed by atoms with E-state index >= 15 is 0 Å². The van der Waals surface area contributed by atoms with Gasteiger partial charge in [0, 0.05) is 32.6 Å². The molecule has 10 aromatic carbocycles. The van der Waals surface area contributed by atoms with Crippen molar-refractivity contribution in [1.29, 1.82) is 0 Å². The van der Waals surface area contributed by atoms with Crippen molar-refractivity contribution in [3.63, 3.8) is 0 Å². The van der Waals surface area contributed by atoms with Gasteiger partial charge in [-0.05, 0) is 79.5 Å². The van der Waals surface area contributed by atoms with Crippen LogP contribution in [0.25, 0.3) is 87.3 Å². The van der Waals surface area contributed by atoms with Crippen molar-refractivity contribution in [3.05, 3.63) is 200 Å². The fourth-order valence-electron chi connectivity index (χ4n) is 8.46. The second-order valence-electron chi connectivity index (χ2n) is 14.1. The molecule has 2 nitrogen and oxygen atoms in total. The molecule has 0 unspecified atom stereocenters. The lowest BCUT2D eigenvalue weighted by Crippen LogP contribution is -2.11. The summed E-state index contributed by atoms with van der Waals surface area (Å²) < 4.78 is 6.54. The van der Waals surface area contributed by atoms with Crippen LogP contribution in [0.4, 0.5) is 17.1 Å². The minimum absolute atomic E-state index is 0.897. The average molecular weight is 688 g/mol. The molecule has 252 valence electrons. The Labute approximate surface area is 312 Å². The highest BCUT2D eigenvalue weighted by Crippen LogP contribution is 2.47. The fraction of sp³-hybridized carbons (Fsp3) is 0. The van der Waals surface area contributed by atoms with Gasteiger partial charge in [-0.1, -0.05) is 170 Å². The van der Waals surface area contributed by atoms with E-state index in [4.69, 9.17) is 4.42 Å². The highest BCUT2D eigenvalue weighted by molar-refractivity contribution is 6.21. The van der Waals surface area contributed by atoms with E-state index in [-0.39, 0.29) is 0 Å². The highest BCUT2D eigenvalue weighted by atomic mass is 16.3. The number of nitrogens with zero attached hydrogens (tertiary/aromatic N) is 1. The number of furan rings is 1. The zero-order valence-corrected chi connectivity index (χ0v) is 29.4. The van der Waals surface area contributed by atoms with Gasteiger partial charge in [0.15, 0.2) is 0 Å². The van der Waals surface area contributed by atoms with Gasteiger partial charge in [0.05, 0.1) is 11.4 Å². The van der Waals surface area contributed by atoms with Gasteiger partial charge in [-0.25, -0.2) is 0 Å². The summed E-state index contributed by atoms with van der Waals surface area (Å²) in [5, 5.41) is 11.9. The van der Waals surface area contributed by atoms with Crippen LogP contribution in [0.1, 0.15) is 0 Å². The van der Waals surface area contributed by atoms with Crippen LogP contribution in [-0.2, 0) is 0 Å². The number of hydrogen-bond donors (Lipinski definition) is 0. The van der Waals surface area contributed by atoms with Gasteiger partial charge >= 0.3 is 0 Å². The fourth-order valence-corrected chi connectivity index (χ4v) is 8.46. The van der Waals surface area contributed by atoms with Crippen molar-refractivity contribution >= 4 is 82.1 Å². The molecule has 0 aliphatic heterocycles. The molecule has 0 saturated carbocycles. The zero-order chi connectivity index (χ0) is 35.6. The average Bonchev–Trinajstić information content (AvgIpc) is 3.63. The van der Waals surface area contributed by atoms with Crippen LogP contribution in [-0.4, -0.2) is 0 Å². The molecule has 0 amide bonds. The first-order valence-electron chi connectivity index (χ1n) is 18.5. The number of anilines is 3. The first-order valence-corrected chi connectivity index (χ1v) is 18.5. The molecule has 0 spiro atoms. The van der Waals surface area contributed by atoms with E-state index in [9.17, 15) is 0 Å². The topological polar surface area (TPSA) is 16.4 Å². The predicted octanol–water partition coefficient (Wildman–Crippen LogP) is 15.0. The minimum Gasteiger partial charge on any atom is -0.455 e. The molecule has 0 atom stereocenters. The van der Waals surface area contributed by atoms with E-state index in [1.807, 2.05) is 6.07 Å². The quantitative estimate of drug-likeness (QED) is 0.168. The standard InChI is InChI=1S/C52H33NO/c1-3-15-40-36(12-1)14-11-22-41(40)37-26-24-34(25-27-37)35-28-30-39(31-29-35)53(49-32-38-13-2-4-16-42(38)43-17-5-6-18-44(43)49)50-33-48-46-20-9-10-23-51(46)54-52(48)47-21-8-7-19-45(47)50/h1-33H. The second kappa shape index (κ2) is 12.2. The van der Waals surface area contributed by atoms with E-state index in [0.29, 0.717) is 0 Å². The molecule has 54 heavy (non-hydrogen) atoms. The molecule has 0 aliphatic carbocycles. The Morgan fingerprint density at radius 1 is 0.315 bits per heavy atom. The first kappa shape index (κ1) is 30.5. The maximum atomic E-state index is 6.54. The predicted molar refractivity (Wildman–Crippen MR) is 229 cm³/mol. The molecule has 0 bridgehead atoms. The maximum Gasteiger partial charge on any atom is 0.143 e. The summed E-state index contributed by atoms with van der Waals surface area (Å²) in [5.41, 5.74) is 9.97. The third-order valence-electron chi connectivity index (χ3n) is 11.0. The second-order valence-corrected chi connectivity index (χ2v) is 14.1. The Kier molecular flexibility index (Phi) is 6.90. The van der Waals surface area contributed by atoms with Crippen LogP contribution in [0.3, 0.4) is 0 Å². The lowest BCUT2D eigenvalue weighted by molar-refractivity contribution is 0.672. The molecular weight excluding hydrogens is 655 g/mol. The number of fused-ring (bicyclic) bond motifs is 9. The van der Waals surface area contributed by atoms with Gasteiger partial charge in [0.2, 0.25) is 0 Å². The molecule has 11 rings (SSSR count). The van der Waals surface area contributed by atoms with Crippen molar-refractivity contribution in [2.45, 2.75) is 0 Å². The number of hydrogen-bond acceptors (Lipinski definition) is 2. The summed E-state index contributed by atoms with van der Waals surface area (Å²) in [7, 11) is 0. The van der Waals surface area contributed by atoms with Gasteiger partial charge in [0.25, 0.3) is 0 Å². The van der Waals surface area contributed by atoms with Gasteiger partial charge < -0.3 is 9.32 Å². The Hall–Kier alpha value is -7.16. The lowest BCUT2D eigenvalue weighted by atomic mass is 9.96. The van der Waals surface area contributed by atoms with Crippen LogP contribution in [0.2, 0.25) is 0 Å². The van der Waals surface area contributed by atoms with E-state index in [0.717, 1.165) is 49.8 Å². The molecule has 0 radical (unpaired) electrons. The number of rotatable bonds is 5. The molecule has 0 aliphatic rings.